The van der Waals surface area contributed by atoms with Crippen molar-refractivity contribution < 1.29 is 24.3 Å². The van der Waals surface area contributed by atoms with Crippen molar-refractivity contribution in [3.05, 3.63) is 63.7 Å². The Bertz CT molecular complexity index is 807. The SMILES string of the molecule is CCCCOc1ccc(C(=O)NC[C@H](O)c2ccc([N+](=O)[O-])cc2)cc1OC. The maximum absolute atomic E-state index is 12.4. The molecule has 2 N–H and O–H groups in total. The Morgan fingerprint density at radius 1 is 1.21 bits per heavy atom. The van der Waals surface area contributed by atoms with Crippen LogP contribution in [-0.2, 0) is 0 Å². The molecule has 0 spiro atoms. The number of aliphatic hydroxyl groups excluding tert-OH is 1. The van der Waals surface area contributed by atoms with Gasteiger partial charge in [-0.3, -0.25) is 14.9 Å². The third-order valence-corrected chi connectivity index (χ3v) is 4.13. The number of carbonyl (C=O) groups excluding carboxylic acids is 1. The van der Waals surface area contributed by atoms with Gasteiger partial charge in [0.2, 0.25) is 0 Å². The lowest BCUT2D eigenvalue weighted by Gasteiger charge is -2.14. The van der Waals surface area contributed by atoms with Crippen LogP contribution in [0.2, 0.25) is 0 Å². The summed E-state index contributed by atoms with van der Waals surface area (Å²) in [5.41, 5.74) is 0.784. The molecule has 0 saturated heterocycles. The van der Waals surface area contributed by atoms with Crippen LogP contribution < -0.4 is 14.8 Å². The molecule has 0 heterocycles. The minimum atomic E-state index is -0.983. The monoisotopic (exact) mass is 388 g/mol. The first kappa shape index (κ1) is 21.2. The average Bonchev–Trinajstić information content (AvgIpc) is 2.72. The zero-order valence-electron chi connectivity index (χ0n) is 15.9. The summed E-state index contributed by atoms with van der Waals surface area (Å²) in [4.78, 5) is 22.5. The number of nitro benzene ring substituents is 1. The second kappa shape index (κ2) is 10.3. The Labute approximate surface area is 163 Å². The van der Waals surface area contributed by atoms with Crippen molar-refractivity contribution in [1.82, 2.24) is 5.32 Å². The summed E-state index contributed by atoms with van der Waals surface area (Å²) < 4.78 is 10.9. The third-order valence-electron chi connectivity index (χ3n) is 4.13. The number of nitro groups is 1. The van der Waals surface area contributed by atoms with E-state index in [1.54, 1.807) is 18.2 Å². The molecule has 150 valence electrons. The van der Waals surface area contributed by atoms with Gasteiger partial charge in [-0.2, -0.15) is 0 Å². The number of ether oxygens (including phenoxy) is 2. The fourth-order valence-corrected chi connectivity index (χ4v) is 2.48. The maximum Gasteiger partial charge on any atom is 0.269 e. The molecule has 0 bridgehead atoms. The zero-order chi connectivity index (χ0) is 20.5. The highest BCUT2D eigenvalue weighted by Crippen LogP contribution is 2.28. The highest BCUT2D eigenvalue weighted by atomic mass is 16.6. The van der Waals surface area contributed by atoms with Gasteiger partial charge in [0.05, 0.1) is 24.7 Å². The summed E-state index contributed by atoms with van der Waals surface area (Å²) in [5.74, 6) is 0.650. The quantitative estimate of drug-likeness (QED) is 0.367. The summed E-state index contributed by atoms with van der Waals surface area (Å²) in [7, 11) is 1.50. The standard InChI is InChI=1S/C20H24N2O6/c1-3-4-11-28-18-10-7-15(12-19(18)27-2)20(24)21-13-17(23)14-5-8-16(9-6-14)22(25)26/h5-10,12,17,23H,3-4,11,13H2,1-2H3,(H,21,24)/t17-/m0/s1. The Kier molecular flexibility index (Phi) is 7.76. The van der Waals surface area contributed by atoms with Crippen LogP contribution in [0.25, 0.3) is 0 Å². The first-order valence-electron chi connectivity index (χ1n) is 8.97. The number of nitrogens with one attached hydrogen (secondary N) is 1. The summed E-state index contributed by atoms with van der Waals surface area (Å²) in [6.45, 7) is 2.60. The van der Waals surface area contributed by atoms with Crippen molar-refractivity contribution in [2.24, 2.45) is 0 Å². The van der Waals surface area contributed by atoms with Gasteiger partial charge in [-0.15, -0.1) is 0 Å². The molecule has 1 amide bonds. The number of hydrogen-bond acceptors (Lipinski definition) is 6. The largest absolute Gasteiger partial charge is 0.493 e. The van der Waals surface area contributed by atoms with E-state index in [-0.39, 0.29) is 18.1 Å². The van der Waals surface area contributed by atoms with Crippen molar-refractivity contribution in [1.29, 1.82) is 0 Å². The predicted molar refractivity (Wildman–Crippen MR) is 104 cm³/mol. The van der Waals surface area contributed by atoms with Gasteiger partial charge in [0.1, 0.15) is 0 Å². The Hall–Kier alpha value is -3.13. The van der Waals surface area contributed by atoms with Crippen LogP contribution in [0.4, 0.5) is 5.69 Å². The van der Waals surface area contributed by atoms with Crippen LogP contribution in [0.3, 0.4) is 0 Å². The molecule has 2 aromatic carbocycles. The number of nitrogens with zero attached hydrogens (tertiary/aromatic N) is 1. The molecular weight excluding hydrogens is 364 g/mol. The molecule has 8 nitrogen and oxygen atoms in total. The predicted octanol–water partition coefficient (Wildman–Crippen LogP) is 3.25. The van der Waals surface area contributed by atoms with Crippen molar-refractivity contribution in [2.75, 3.05) is 20.3 Å². The van der Waals surface area contributed by atoms with E-state index in [9.17, 15) is 20.0 Å². The van der Waals surface area contributed by atoms with E-state index in [0.717, 1.165) is 12.8 Å². The van der Waals surface area contributed by atoms with Gasteiger partial charge in [0.15, 0.2) is 11.5 Å². The topological polar surface area (TPSA) is 111 Å². The second-order valence-corrected chi connectivity index (χ2v) is 6.14. The lowest BCUT2D eigenvalue weighted by Crippen LogP contribution is -2.28. The van der Waals surface area contributed by atoms with Gasteiger partial charge in [-0.05, 0) is 42.3 Å². The normalized spacial score (nSPS) is 11.5. The van der Waals surface area contributed by atoms with E-state index in [4.69, 9.17) is 9.47 Å². The first-order valence-corrected chi connectivity index (χ1v) is 8.97. The molecule has 2 rings (SSSR count). The number of non-ortho nitro benzene ring substituents is 1. The number of benzene rings is 2. The van der Waals surface area contributed by atoms with E-state index < -0.39 is 11.0 Å². The van der Waals surface area contributed by atoms with Gasteiger partial charge < -0.3 is 19.9 Å². The summed E-state index contributed by atoms with van der Waals surface area (Å²) >= 11 is 0. The fraction of sp³-hybridized carbons (Fsp3) is 0.350. The van der Waals surface area contributed by atoms with Crippen molar-refractivity contribution in [3.63, 3.8) is 0 Å². The number of amides is 1. The molecule has 0 radical (unpaired) electrons. The van der Waals surface area contributed by atoms with Crippen molar-refractivity contribution in [2.45, 2.75) is 25.9 Å². The number of methoxy groups -OCH3 is 1. The number of rotatable bonds is 10. The second-order valence-electron chi connectivity index (χ2n) is 6.14. The van der Waals surface area contributed by atoms with Crippen molar-refractivity contribution in [3.8, 4) is 11.5 Å². The van der Waals surface area contributed by atoms with Crippen LogP contribution in [0.5, 0.6) is 11.5 Å². The molecule has 2 aromatic rings. The average molecular weight is 388 g/mol. The lowest BCUT2D eigenvalue weighted by molar-refractivity contribution is -0.384. The lowest BCUT2D eigenvalue weighted by atomic mass is 10.1. The molecule has 0 aliphatic heterocycles. The minimum Gasteiger partial charge on any atom is -0.493 e. The Morgan fingerprint density at radius 2 is 1.93 bits per heavy atom. The highest BCUT2D eigenvalue weighted by Gasteiger charge is 2.14. The van der Waals surface area contributed by atoms with Crippen LogP contribution in [-0.4, -0.2) is 36.2 Å². The molecule has 1 atom stereocenters. The summed E-state index contributed by atoms with van der Waals surface area (Å²) in [6, 6.07) is 10.4. The van der Waals surface area contributed by atoms with Crippen LogP contribution in [0.1, 0.15) is 41.8 Å². The van der Waals surface area contributed by atoms with Gasteiger partial charge >= 0.3 is 0 Å². The van der Waals surface area contributed by atoms with Crippen molar-refractivity contribution >= 4 is 11.6 Å². The molecule has 0 aliphatic rings. The maximum atomic E-state index is 12.4. The molecular formula is C20H24N2O6. The number of hydrogen-bond donors (Lipinski definition) is 2. The Morgan fingerprint density at radius 3 is 2.54 bits per heavy atom. The van der Waals surface area contributed by atoms with Gasteiger partial charge in [-0.25, -0.2) is 0 Å². The van der Waals surface area contributed by atoms with E-state index in [0.29, 0.717) is 29.2 Å². The molecule has 0 aliphatic carbocycles. The highest BCUT2D eigenvalue weighted by molar-refractivity contribution is 5.94. The number of carbonyl (C=O) groups is 1. The van der Waals surface area contributed by atoms with E-state index in [2.05, 4.69) is 12.2 Å². The van der Waals surface area contributed by atoms with Crippen LogP contribution >= 0.6 is 0 Å². The molecule has 0 unspecified atom stereocenters. The smallest absolute Gasteiger partial charge is 0.269 e. The molecule has 28 heavy (non-hydrogen) atoms. The summed E-state index contributed by atoms with van der Waals surface area (Å²) in [6.07, 6.45) is 0.953. The number of unbranched alkanes of at least 4 members (excludes halogenated alkanes) is 1. The van der Waals surface area contributed by atoms with E-state index in [1.165, 1.54) is 31.4 Å². The molecule has 0 fully saturated rings. The van der Waals surface area contributed by atoms with Gasteiger partial charge in [-0.1, -0.05) is 13.3 Å². The van der Waals surface area contributed by atoms with Gasteiger partial charge in [0, 0.05) is 24.2 Å². The molecule has 0 aromatic heterocycles. The molecule has 8 heteroatoms. The van der Waals surface area contributed by atoms with Gasteiger partial charge in [0.25, 0.3) is 11.6 Å². The summed E-state index contributed by atoms with van der Waals surface area (Å²) in [5, 5.41) is 23.5. The van der Waals surface area contributed by atoms with Crippen LogP contribution in [0.15, 0.2) is 42.5 Å². The third kappa shape index (κ3) is 5.68. The number of aliphatic hydroxyl groups is 1. The Balaban J connectivity index is 1.97. The molecule has 0 saturated carbocycles. The van der Waals surface area contributed by atoms with Crippen LogP contribution in [0, 0.1) is 10.1 Å². The fourth-order valence-electron chi connectivity index (χ4n) is 2.48. The zero-order valence-corrected chi connectivity index (χ0v) is 15.9. The first-order chi connectivity index (χ1) is 13.5. The minimum absolute atomic E-state index is 0.0340. The van der Waals surface area contributed by atoms with E-state index >= 15 is 0 Å². The van der Waals surface area contributed by atoms with E-state index in [1.807, 2.05) is 0 Å².